The molecule has 0 bridgehead atoms. The van der Waals surface area contributed by atoms with Crippen LogP contribution in [0.25, 0.3) is 0 Å². The van der Waals surface area contributed by atoms with Crippen LogP contribution in [0.5, 0.6) is 0 Å². The van der Waals surface area contributed by atoms with Gasteiger partial charge in [0.15, 0.2) is 0 Å². The third kappa shape index (κ3) is 2.93. The van der Waals surface area contributed by atoms with E-state index in [9.17, 15) is 5.11 Å². The topological polar surface area (TPSA) is 23.5 Å². The highest BCUT2D eigenvalue weighted by Gasteiger charge is 2.17. The van der Waals surface area contributed by atoms with Crippen LogP contribution in [0.1, 0.15) is 31.7 Å². The Hall–Kier alpha value is -0.730. The lowest BCUT2D eigenvalue weighted by Gasteiger charge is -2.25. The number of hydrogen-bond acceptors (Lipinski definition) is 2. The van der Waals surface area contributed by atoms with E-state index in [1.807, 2.05) is 12.1 Å². The maximum Gasteiger partial charge on any atom is 0.0716 e. The molecule has 1 aromatic carbocycles. The summed E-state index contributed by atoms with van der Waals surface area (Å²) in [6.07, 6.45) is 3.74. The van der Waals surface area contributed by atoms with Crippen molar-refractivity contribution in [1.29, 1.82) is 0 Å². The Morgan fingerprint density at radius 1 is 1.35 bits per heavy atom. The van der Waals surface area contributed by atoms with Crippen molar-refractivity contribution in [3.05, 3.63) is 28.8 Å². The molecule has 0 saturated carbocycles. The van der Waals surface area contributed by atoms with E-state index in [-0.39, 0.29) is 6.61 Å². The predicted molar refractivity (Wildman–Crippen MR) is 72.6 cm³/mol. The minimum atomic E-state index is 0.0149. The third-order valence-electron chi connectivity index (χ3n) is 3.61. The second-order valence-electron chi connectivity index (χ2n) is 4.92. The Labute approximate surface area is 108 Å². The average Bonchev–Trinajstić information content (AvgIpc) is 2.54. The lowest BCUT2D eigenvalue weighted by atomic mass is 10.0. The van der Waals surface area contributed by atoms with E-state index in [0.29, 0.717) is 5.02 Å². The molecular weight excluding hydrogens is 234 g/mol. The second kappa shape index (κ2) is 5.74. The van der Waals surface area contributed by atoms with Gasteiger partial charge in [0.05, 0.1) is 6.61 Å². The molecule has 2 rings (SSSR count). The zero-order chi connectivity index (χ0) is 12.3. The van der Waals surface area contributed by atoms with E-state index in [2.05, 4.69) is 17.9 Å². The van der Waals surface area contributed by atoms with Crippen molar-refractivity contribution < 1.29 is 5.11 Å². The van der Waals surface area contributed by atoms with Crippen LogP contribution >= 0.6 is 11.6 Å². The summed E-state index contributed by atoms with van der Waals surface area (Å²) in [7, 11) is 0. The van der Waals surface area contributed by atoms with Crippen LogP contribution in [0.15, 0.2) is 18.2 Å². The summed E-state index contributed by atoms with van der Waals surface area (Å²) in [5.41, 5.74) is 1.97. The van der Waals surface area contributed by atoms with Gasteiger partial charge in [-0.3, -0.25) is 0 Å². The van der Waals surface area contributed by atoms with E-state index < -0.39 is 0 Å². The van der Waals surface area contributed by atoms with Crippen LogP contribution in [-0.2, 0) is 6.61 Å². The van der Waals surface area contributed by atoms with E-state index in [1.54, 1.807) is 0 Å². The summed E-state index contributed by atoms with van der Waals surface area (Å²) in [6.45, 7) is 4.46. The first-order chi connectivity index (χ1) is 8.22. The molecule has 1 saturated heterocycles. The number of nitrogens with zero attached hydrogens (tertiary/aromatic N) is 1. The van der Waals surface area contributed by atoms with Crippen molar-refractivity contribution in [3.8, 4) is 0 Å². The van der Waals surface area contributed by atoms with Crippen molar-refractivity contribution in [2.75, 3.05) is 18.0 Å². The van der Waals surface area contributed by atoms with Gasteiger partial charge in [0.25, 0.3) is 0 Å². The summed E-state index contributed by atoms with van der Waals surface area (Å²) < 4.78 is 0. The number of halogens is 1. The fraction of sp³-hybridized carbons (Fsp3) is 0.571. The van der Waals surface area contributed by atoms with Crippen molar-refractivity contribution in [3.63, 3.8) is 0 Å². The van der Waals surface area contributed by atoms with Crippen LogP contribution in [0.4, 0.5) is 5.69 Å². The lowest BCUT2D eigenvalue weighted by molar-refractivity contribution is 0.282. The van der Waals surface area contributed by atoms with Gasteiger partial charge in [0, 0.05) is 29.4 Å². The van der Waals surface area contributed by atoms with E-state index >= 15 is 0 Å². The number of anilines is 1. The molecule has 0 aromatic heterocycles. The number of aliphatic hydroxyl groups is 1. The normalized spacial score (nSPS) is 21.4. The van der Waals surface area contributed by atoms with Crippen LogP contribution < -0.4 is 4.90 Å². The molecule has 1 N–H and O–H groups in total. The van der Waals surface area contributed by atoms with E-state index in [4.69, 9.17) is 11.6 Å². The van der Waals surface area contributed by atoms with Gasteiger partial charge in [0.2, 0.25) is 0 Å². The molecule has 1 atom stereocenters. The zero-order valence-electron chi connectivity index (χ0n) is 10.3. The number of rotatable bonds is 2. The first kappa shape index (κ1) is 12.7. The Morgan fingerprint density at radius 2 is 2.18 bits per heavy atom. The molecule has 0 amide bonds. The minimum absolute atomic E-state index is 0.0149. The van der Waals surface area contributed by atoms with Gasteiger partial charge in [-0.15, -0.1) is 0 Å². The number of hydrogen-bond donors (Lipinski definition) is 1. The average molecular weight is 254 g/mol. The highest BCUT2D eigenvalue weighted by Crippen LogP contribution is 2.30. The summed E-state index contributed by atoms with van der Waals surface area (Å²) in [5.74, 6) is 0.803. The summed E-state index contributed by atoms with van der Waals surface area (Å²) in [6, 6.07) is 5.87. The van der Waals surface area contributed by atoms with Crippen LogP contribution in [0, 0.1) is 5.92 Å². The van der Waals surface area contributed by atoms with E-state index in [0.717, 1.165) is 30.3 Å². The van der Waals surface area contributed by atoms with Gasteiger partial charge < -0.3 is 10.0 Å². The van der Waals surface area contributed by atoms with E-state index in [1.165, 1.54) is 19.3 Å². The predicted octanol–water partition coefficient (Wildman–Crippen LogP) is 3.46. The molecular formula is C14H20ClNO. The molecule has 0 aliphatic carbocycles. The highest BCUT2D eigenvalue weighted by molar-refractivity contribution is 6.31. The van der Waals surface area contributed by atoms with Gasteiger partial charge >= 0.3 is 0 Å². The molecule has 0 radical (unpaired) electrons. The standard InChI is InChI=1S/C14H20ClNO/c1-11-4-3-8-16(9-7-11)14-6-2-5-13(15)12(14)10-17/h2,5-6,11,17H,3-4,7-10H2,1H3. The van der Waals surface area contributed by atoms with Crippen molar-refractivity contribution in [1.82, 2.24) is 0 Å². The molecule has 1 fully saturated rings. The smallest absolute Gasteiger partial charge is 0.0716 e. The molecule has 3 heteroatoms. The zero-order valence-corrected chi connectivity index (χ0v) is 11.1. The summed E-state index contributed by atoms with van der Waals surface area (Å²) in [4.78, 5) is 2.36. The largest absolute Gasteiger partial charge is 0.392 e. The molecule has 0 spiro atoms. The Kier molecular flexibility index (Phi) is 4.30. The Morgan fingerprint density at radius 3 is 2.94 bits per heavy atom. The first-order valence-electron chi connectivity index (χ1n) is 6.35. The van der Waals surface area contributed by atoms with Gasteiger partial charge in [-0.05, 0) is 37.3 Å². The second-order valence-corrected chi connectivity index (χ2v) is 5.33. The quantitative estimate of drug-likeness (QED) is 0.873. The number of benzene rings is 1. The van der Waals surface area contributed by atoms with Crippen molar-refractivity contribution in [2.45, 2.75) is 32.8 Å². The Bertz CT molecular complexity index is 380. The molecule has 1 unspecified atom stereocenters. The maximum atomic E-state index is 9.44. The van der Waals surface area contributed by atoms with Gasteiger partial charge in [-0.25, -0.2) is 0 Å². The van der Waals surface area contributed by atoms with Gasteiger partial charge in [-0.2, -0.15) is 0 Å². The monoisotopic (exact) mass is 253 g/mol. The molecule has 1 heterocycles. The number of aliphatic hydroxyl groups excluding tert-OH is 1. The lowest BCUT2D eigenvalue weighted by Crippen LogP contribution is -2.25. The molecule has 2 nitrogen and oxygen atoms in total. The molecule has 17 heavy (non-hydrogen) atoms. The fourth-order valence-corrected chi connectivity index (χ4v) is 2.73. The van der Waals surface area contributed by atoms with Crippen LogP contribution in [-0.4, -0.2) is 18.2 Å². The maximum absolute atomic E-state index is 9.44. The molecule has 1 aliphatic rings. The van der Waals surface area contributed by atoms with Gasteiger partial charge in [-0.1, -0.05) is 24.6 Å². The van der Waals surface area contributed by atoms with Gasteiger partial charge in [0.1, 0.15) is 0 Å². The fourth-order valence-electron chi connectivity index (χ4n) is 2.50. The van der Waals surface area contributed by atoms with Crippen LogP contribution in [0.2, 0.25) is 5.02 Å². The molecule has 94 valence electrons. The van der Waals surface area contributed by atoms with Crippen molar-refractivity contribution in [2.24, 2.45) is 5.92 Å². The van der Waals surface area contributed by atoms with Crippen molar-refractivity contribution >= 4 is 17.3 Å². The summed E-state index contributed by atoms with van der Waals surface area (Å²) >= 11 is 6.13. The third-order valence-corrected chi connectivity index (χ3v) is 3.96. The first-order valence-corrected chi connectivity index (χ1v) is 6.73. The minimum Gasteiger partial charge on any atom is -0.392 e. The SMILES string of the molecule is CC1CCCN(c2cccc(Cl)c2CO)CC1. The molecule has 1 aromatic rings. The molecule has 1 aliphatic heterocycles. The summed E-state index contributed by atoms with van der Waals surface area (Å²) in [5, 5.41) is 10.1. The Balaban J connectivity index is 2.23. The van der Waals surface area contributed by atoms with Crippen LogP contribution in [0.3, 0.4) is 0 Å². The highest BCUT2D eigenvalue weighted by atomic mass is 35.5.